The summed E-state index contributed by atoms with van der Waals surface area (Å²) in [5.74, 6) is 0.899. The van der Waals surface area contributed by atoms with E-state index in [1.807, 2.05) is 0 Å². The number of methoxy groups -OCH3 is 1. The Morgan fingerprint density at radius 3 is 2.55 bits per heavy atom. The fourth-order valence-electron chi connectivity index (χ4n) is 2.96. The van der Waals surface area contributed by atoms with E-state index in [4.69, 9.17) is 4.74 Å². The molecule has 0 aliphatic heterocycles. The molecule has 3 heteroatoms. The lowest BCUT2D eigenvalue weighted by Crippen LogP contribution is -2.24. The topological polar surface area (TPSA) is 24.5 Å². The number of anilines is 1. The van der Waals surface area contributed by atoms with Crippen molar-refractivity contribution < 1.29 is 4.74 Å². The minimum Gasteiger partial charge on any atom is -0.383 e. The van der Waals surface area contributed by atoms with E-state index in [2.05, 4.69) is 41.5 Å². The molecular formula is C17H28N2O. The number of hydrogen-bond acceptors (Lipinski definition) is 3. The van der Waals surface area contributed by atoms with Gasteiger partial charge in [0.05, 0.1) is 6.61 Å². The Kier molecular flexibility index (Phi) is 6.34. The van der Waals surface area contributed by atoms with Gasteiger partial charge < -0.3 is 15.0 Å². The molecule has 0 spiro atoms. The molecule has 3 nitrogen and oxygen atoms in total. The standard InChI is InChI=1S/C17H28N2O/c1-19(14-16-5-3-4-6-16)17-9-7-15(8-10-17)13-18-11-12-20-2/h7-10,16,18H,3-6,11-14H2,1-2H3. The van der Waals surface area contributed by atoms with Crippen LogP contribution in [0, 0.1) is 5.92 Å². The van der Waals surface area contributed by atoms with E-state index in [1.165, 1.54) is 43.5 Å². The summed E-state index contributed by atoms with van der Waals surface area (Å²) in [7, 11) is 3.95. The zero-order valence-corrected chi connectivity index (χ0v) is 12.9. The molecule has 1 aromatic rings. The molecule has 0 atom stereocenters. The van der Waals surface area contributed by atoms with Crippen LogP contribution in [-0.4, -0.2) is 33.9 Å². The Morgan fingerprint density at radius 2 is 1.90 bits per heavy atom. The molecule has 0 saturated heterocycles. The fraction of sp³-hybridized carbons (Fsp3) is 0.647. The molecule has 1 aliphatic rings. The fourth-order valence-corrected chi connectivity index (χ4v) is 2.96. The molecule has 112 valence electrons. The molecule has 2 rings (SSSR count). The number of nitrogens with one attached hydrogen (secondary N) is 1. The number of ether oxygens (including phenoxy) is 1. The van der Waals surface area contributed by atoms with Crippen LogP contribution in [0.3, 0.4) is 0 Å². The van der Waals surface area contributed by atoms with Crippen molar-refractivity contribution in [2.45, 2.75) is 32.2 Å². The summed E-state index contributed by atoms with van der Waals surface area (Å²) in [5, 5.41) is 3.37. The highest BCUT2D eigenvalue weighted by molar-refractivity contribution is 5.46. The SMILES string of the molecule is COCCNCc1ccc(N(C)CC2CCCC2)cc1. The van der Waals surface area contributed by atoms with Gasteiger partial charge >= 0.3 is 0 Å². The first-order valence-corrected chi connectivity index (χ1v) is 7.79. The van der Waals surface area contributed by atoms with Gasteiger partial charge in [-0.25, -0.2) is 0 Å². The van der Waals surface area contributed by atoms with E-state index in [9.17, 15) is 0 Å². The first-order valence-electron chi connectivity index (χ1n) is 7.79. The van der Waals surface area contributed by atoms with Gasteiger partial charge in [-0.2, -0.15) is 0 Å². The monoisotopic (exact) mass is 276 g/mol. The molecular weight excluding hydrogens is 248 g/mol. The number of nitrogens with zero attached hydrogens (tertiary/aromatic N) is 1. The highest BCUT2D eigenvalue weighted by Gasteiger charge is 2.16. The molecule has 1 saturated carbocycles. The van der Waals surface area contributed by atoms with Crippen LogP contribution in [0.2, 0.25) is 0 Å². The molecule has 20 heavy (non-hydrogen) atoms. The van der Waals surface area contributed by atoms with Crippen LogP contribution in [-0.2, 0) is 11.3 Å². The van der Waals surface area contributed by atoms with Crippen LogP contribution in [0.1, 0.15) is 31.2 Å². The van der Waals surface area contributed by atoms with Gasteiger partial charge in [0.2, 0.25) is 0 Å². The van der Waals surface area contributed by atoms with Crippen molar-refractivity contribution in [1.29, 1.82) is 0 Å². The van der Waals surface area contributed by atoms with Crippen LogP contribution < -0.4 is 10.2 Å². The molecule has 0 radical (unpaired) electrons. The van der Waals surface area contributed by atoms with E-state index in [0.29, 0.717) is 0 Å². The maximum Gasteiger partial charge on any atom is 0.0587 e. The van der Waals surface area contributed by atoms with E-state index < -0.39 is 0 Å². The van der Waals surface area contributed by atoms with Crippen LogP contribution in [0.25, 0.3) is 0 Å². The molecule has 1 aliphatic carbocycles. The predicted octanol–water partition coefficient (Wildman–Crippen LogP) is 3.05. The van der Waals surface area contributed by atoms with Crippen LogP contribution in [0.4, 0.5) is 5.69 Å². The van der Waals surface area contributed by atoms with Crippen molar-refractivity contribution in [3.8, 4) is 0 Å². The summed E-state index contributed by atoms with van der Waals surface area (Å²) in [4.78, 5) is 2.40. The lowest BCUT2D eigenvalue weighted by molar-refractivity contribution is 0.199. The predicted molar refractivity (Wildman–Crippen MR) is 85.3 cm³/mol. The molecule has 0 unspecified atom stereocenters. The molecule has 0 heterocycles. The van der Waals surface area contributed by atoms with Gasteiger partial charge in [0, 0.05) is 39.5 Å². The van der Waals surface area contributed by atoms with Gasteiger partial charge in [0.25, 0.3) is 0 Å². The van der Waals surface area contributed by atoms with E-state index in [1.54, 1.807) is 7.11 Å². The minimum absolute atomic E-state index is 0.766. The summed E-state index contributed by atoms with van der Waals surface area (Å²) < 4.78 is 5.02. The largest absolute Gasteiger partial charge is 0.383 e. The van der Waals surface area contributed by atoms with E-state index >= 15 is 0 Å². The van der Waals surface area contributed by atoms with Gasteiger partial charge in [-0.3, -0.25) is 0 Å². The Bertz CT molecular complexity index is 371. The Labute approximate surface area is 123 Å². The molecule has 1 N–H and O–H groups in total. The average Bonchev–Trinajstić information content (AvgIpc) is 2.97. The Balaban J connectivity index is 1.77. The molecule has 0 bridgehead atoms. The van der Waals surface area contributed by atoms with Gasteiger partial charge in [-0.15, -0.1) is 0 Å². The molecule has 0 amide bonds. The van der Waals surface area contributed by atoms with Crippen molar-refractivity contribution in [3.63, 3.8) is 0 Å². The minimum atomic E-state index is 0.766. The highest BCUT2D eigenvalue weighted by atomic mass is 16.5. The van der Waals surface area contributed by atoms with Crippen molar-refractivity contribution in [1.82, 2.24) is 5.32 Å². The lowest BCUT2D eigenvalue weighted by Gasteiger charge is -2.23. The second-order valence-electron chi connectivity index (χ2n) is 5.87. The Hall–Kier alpha value is -1.06. The average molecular weight is 276 g/mol. The molecule has 1 fully saturated rings. The van der Waals surface area contributed by atoms with Crippen LogP contribution in [0.15, 0.2) is 24.3 Å². The van der Waals surface area contributed by atoms with E-state index in [0.717, 1.165) is 25.6 Å². The zero-order valence-electron chi connectivity index (χ0n) is 12.9. The summed E-state index contributed by atoms with van der Waals surface area (Å²) in [6.07, 6.45) is 5.66. The number of benzene rings is 1. The van der Waals surface area contributed by atoms with Gasteiger partial charge in [-0.05, 0) is 36.5 Å². The third-order valence-electron chi connectivity index (χ3n) is 4.20. The normalized spacial score (nSPS) is 15.7. The van der Waals surface area contributed by atoms with Gasteiger partial charge in [0.1, 0.15) is 0 Å². The molecule has 0 aromatic heterocycles. The summed E-state index contributed by atoms with van der Waals surface area (Å²) in [6.45, 7) is 3.78. The number of rotatable bonds is 8. The second-order valence-corrected chi connectivity index (χ2v) is 5.87. The van der Waals surface area contributed by atoms with Crippen LogP contribution in [0.5, 0.6) is 0 Å². The quantitative estimate of drug-likeness (QED) is 0.739. The third kappa shape index (κ3) is 4.80. The molecule has 1 aromatic carbocycles. The maximum absolute atomic E-state index is 5.02. The van der Waals surface area contributed by atoms with Gasteiger partial charge in [-0.1, -0.05) is 25.0 Å². The van der Waals surface area contributed by atoms with Crippen molar-refractivity contribution >= 4 is 5.69 Å². The van der Waals surface area contributed by atoms with Crippen molar-refractivity contribution in [2.75, 3.05) is 38.8 Å². The summed E-state index contributed by atoms with van der Waals surface area (Å²) in [6, 6.07) is 8.92. The van der Waals surface area contributed by atoms with Crippen LogP contribution >= 0.6 is 0 Å². The van der Waals surface area contributed by atoms with Crippen molar-refractivity contribution in [2.24, 2.45) is 5.92 Å². The lowest BCUT2D eigenvalue weighted by atomic mass is 10.1. The Morgan fingerprint density at radius 1 is 1.20 bits per heavy atom. The summed E-state index contributed by atoms with van der Waals surface area (Å²) >= 11 is 0. The number of hydrogen-bond donors (Lipinski definition) is 1. The first kappa shape index (κ1) is 15.3. The third-order valence-corrected chi connectivity index (χ3v) is 4.20. The zero-order chi connectivity index (χ0) is 14.2. The van der Waals surface area contributed by atoms with Gasteiger partial charge in [0.15, 0.2) is 0 Å². The van der Waals surface area contributed by atoms with E-state index in [-0.39, 0.29) is 0 Å². The highest BCUT2D eigenvalue weighted by Crippen LogP contribution is 2.26. The maximum atomic E-state index is 5.02. The second kappa shape index (κ2) is 8.28. The first-order chi connectivity index (χ1) is 9.79. The summed E-state index contributed by atoms with van der Waals surface area (Å²) in [5.41, 5.74) is 2.66. The smallest absolute Gasteiger partial charge is 0.0587 e. The van der Waals surface area contributed by atoms with Crippen molar-refractivity contribution in [3.05, 3.63) is 29.8 Å².